The van der Waals surface area contributed by atoms with Crippen molar-refractivity contribution in [2.75, 3.05) is 31.8 Å². The summed E-state index contributed by atoms with van der Waals surface area (Å²) < 4.78 is 18.2. The predicted octanol–water partition coefficient (Wildman–Crippen LogP) is 3.02. The van der Waals surface area contributed by atoms with E-state index in [-0.39, 0.29) is 30.0 Å². The van der Waals surface area contributed by atoms with Crippen LogP contribution in [0.3, 0.4) is 0 Å². The highest BCUT2D eigenvalue weighted by molar-refractivity contribution is 8.00. The summed E-state index contributed by atoms with van der Waals surface area (Å²) in [4.78, 5) is 25.7. The Balaban J connectivity index is 1.78. The highest BCUT2D eigenvalue weighted by Gasteiger charge is 2.06. The number of amides is 2. The summed E-state index contributed by atoms with van der Waals surface area (Å²) in [6.07, 6.45) is 0. The zero-order valence-electron chi connectivity index (χ0n) is 14.0. The molecule has 0 aliphatic rings. The van der Waals surface area contributed by atoms with Crippen LogP contribution >= 0.6 is 11.8 Å². The average molecular weight is 362 g/mol. The summed E-state index contributed by atoms with van der Waals surface area (Å²) in [5.74, 6) is 0.180. The fraction of sp³-hybridized carbons (Fsp3) is 0.222. The van der Waals surface area contributed by atoms with E-state index in [9.17, 15) is 14.0 Å². The van der Waals surface area contributed by atoms with E-state index in [1.54, 1.807) is 50.5 Å². The van der Waals surface area contributed by atoms with Crippen molar-refractivity contribution in [3.05, 3.63) is 54.3 Å². The number of thioether (sulfide) groups is 1. The number of carbonyl (C=O) groups is 2. The van der Waals surface area contributed by atoms with Crippen LogP contribution in [0.2, 0.25) is 0 Å². The molecule has 132 valence electrons. The summed E-state index contributed by atoms with van der Waals surface area (Å²) in [6.45, 7) is -0.0347. The fourth-order valence-corrected chi connectivity index (χ4v) is 2.48. The van der Waals surface area contributed by atoms with Crippen LogP contribution in [-0.4, -0.2) is 43.2 Å². The van der Waals surface area contributed by atoms with E-state index in [0.29, 0.717) is 11.4 Å². The lowest BCUT2D eigenvalue weighted by Gasteiger charge is -2.11. The first-order valence-corrected chi connectivity index (χ1v) is 8.54. The van der Waals surface area contributed by atoms with Crippen LogP contribution in [0, 0.1) is 5.82 Å². The number of hydrogen-bond acceptors (Lipinski definition) is 4. The Hall–Kier alpha value is -2.54. The molecule has 0 bridgehead atoms. The third kappa shape index (κ3) is 6.46. The molecule has 0 saturated heterocycles. The molecule has 0 atom stereocenters. The molecule has 0 saturated carbocycles. The Morgan fingerprint density at radius 3 is 2.32 bits per heavy atom. The van der Waals surface area contributed by atoms with Crippen molar-refractivity contribution < 1.29 is 18.7 Å². The summed E-state index contributed by atoms with van der Waals surface area (Å²) >= 11 is 1.33. The molecule has 0 spiro atoms. The maximum atomic E-state index is 12.8. The number of nitrogens with one attached hydrogen (secondary N) is 1. The second-order valence-electron chi connectivity index (χ2n) is 5.39. The van der Waals surface area contributed by atoms with Gasteiger partial charge in [0.05, 0.1) is 5.75 Å². The predicted molar refractivity (Wildman–Crippen MR) is 96.4 cm³/mol. The van der Waals surface area contributed by atoms with Crippen molar-refractivity contribution in [3.63, 3.8) is 0 Å². The minimum Gasteiger partial charge on any atom is -0.484 e. The Morgan fingerprint density at radius 2 is 1.72 bits per heavy atom. The van der Waals surface area contributed by atoms with Gasteiger partial charge in [0.15, 0.2) is 6.61 Å². The zero-order chi connectivity index (χ0) is 18.2. The van der Waals surface area contributed by atoms with E-state index < -0.39 is 0 Å². The van der Waals surface area contributed by atoms with Crippen molar-refractivity contribution in [1.29, 1.82) is 0 Å². The monoisotopic (exact) mass is 362 g/mol. The number of nitrogens with zero attached hydrogens (tertiary/aromatic N) is 1. The molecule has 0 aliphatic heterocycles. The summed E-state index contributed by atoms with van der Waals surface area (Å²) in [5.41, 5.74) is 0.635. The number of likely N-dealkylation sites (N-methyl/N-ethyl adjacent to an activating group) is 1. The standard InChI is InChI=1S/C18H19FN2O3S/c1-21(2)18(23)11-24-15-7-5-14(6-8-15)20-17(22)12-25-16-9-3-13(19)4-10-16/h3-10H,11-12H2,1-2H3,(H,20,22). The maximum absolute atomic E-state index is 12.8. The van der Waals surface area contributed by atoms with Crippen molar-refractivity contribution in [2.45, 2.75) is 4.90 Å². The van der Waals surface area contributed by atoms with E-state index in [2.05, 4.69) is 5.32 Å². The van der Waals surface area contributed by atoms with Gasteiger partial charge in [0.25, 0.3) is 5.91 Å². The number of anilines is 1. The van der Waals surface area contributed by atoms with Gasteiger partial charge in [-0.2, -0.15) is 0 Å². The second kappa shape index (κ2) is 9.08. The zero-order valence-corrected chi connectivity index (χ0v) is 14.8. The maximum Gasteiger partial charge on any atom is 0.259 e. The summed E-state index contributed by atoms with van der Waals surface area (Å²) in [6, 6.07) is 12.8. The SMILES string of the molecule is CN(C)C(=O)COc1ccc(NC(=O)CSc2ccc(F)cc2)cc1. The second-order valence-corrected chi connectivity index (χ2v) is 6.44. The van der Waals surface area contributed by atoms with Crippen molar-refractivity contribution >= 4 is 29.3 Å². The smallest absolute Gasteiger partial charge is 0.259 e. The van der Waals surface area contributed by atoms with Crippen LogP contribution in [0.5, 0.6) is 5.75 Å². The lowest BCUT2D eigenvalue weighted by Crippen LogP contribution is -2.27. The molecule has 25 heavy (non-hydrogen) atoms. The van der Waals surface area contributed by atoms with Gasteiger partial charge in [-0.3, -0.25) is 9.59 Å². The molecular weight excluding hydrogens is 343 g/mol. The highest BCUT2D eigenvalue weighted by atomic mass is 32.2. The van der Waals surface area contributed by atoms with Gasteiger partial charge >= 0.3 is 0 Å². The molecule has 0 fully saturated rings. The molecule has 0 radical (unpaired) electrons. The first-order chi connectivity index (χ1) is 11.9. The normalized spacial score (nSPS) is 10.2. The molecule has 0 aliphatic carbocycles. The third-order valence-electron chi connectivity index (χ3n) is 3.18. The average Bonchev–Trinajstić information content (AvgIpc) is 2.60. The number of benzene rings is 2. The molecule has 2 aromatic rings. The largest absolute Gasteiger partial charge is 0.484 e. The van der Waals surface area contributed by atoms with E-state index in [0.717, 1.165) is 4.90 Å². The number of hydrogen-bond donors (Lipinski definition) is 1. The van der Waals surface area contributed by atoms with Crippen LogP contribution in [0.4, 0.5) is 10.1 Å². The minimum absolute atomic E-state index is 0.0347. The Bertz CT molecular complexity index is 718. The van der Waals surface area contributed by atoms with E-state index in [1.807, 2.05) is 0 Å². The van der Waals surface area contributed by atoms with Gasteiger partial charge in [-0.25, -0.2) is 4.39 Å². The fourth-order valence-electron chi connectivity index (χ4n) is 1.79. The molecule has 2 aromatic carbocycles. The first kappa shape index (κ1) is 18.8. The molecule has 0 unspecified atom stereocenters. The van der Waals surface area contributed by atoms with Gasteiger partial charge in [-0.05, 0) is 48.5 Å². The quantitative estimate of drug-likeness (QED) is 0.769. The van der Waals surface area contributed by atoms with Crippen LogP contribution in [0.15, 0.2) is 53.4 Å². The molecule has 1 N–H and O–H groups in total. The molecule has 2 amide bonds. The Morgan fingerprint density at radius 1 is 1.08 bits per heavy atom. The molecule has 0 aromatic heterocycles. The number of ether oxygens (including phenoxy) is 1. The van der Waals surface area contributed by atoms with E-state index in [4.69, 9.17) is 4.74 Å². The van der Waals surface area contributed by atoms with Crippen LogP contribution in [0.1, 0.15) is 0 Å². The minimum atomic E-state index is -0.302. The molecular formula is C18H19FN2O3S. The molecule has 7 heteroatoms. The summed E-state index contributed by atoms with van der Waals surface area (Å²) in [7, 11) is 3.32. The van der Waals surface area contributed by atoms with Crippen LogP contribution < -0.4 is 10.1 Å². The van der Waals surface area contributed by atoms with Gasteiger partial charge in [-0.1, -0.05) is 0 Å². The van der Waals surface area contributed by atoms with Crippen molar-refractivity contribution in [3.8, 4) is 5.75 Å². The first-order valence-electron chi connectivity index (χ1n) is 7.55. The van der Waals surface area contributed by atoms with Gasteiger partial charge in [0.1, 0.15) is 11.6 Å². The third-order valence-corrected chi connectivity index (χ3v) is 4.19. The number of rotatable bonds is 7. The number of halogens is 1. The van der Waals surface area contributed by atoms with Gasteiger partial charge < -0.3 is 15.0 Å². The Kier molecular flexibility index (Phi) is 6.82. The lowest BCUT2D eigenvalue weighted by atomic mass is 10.3. The number of carbonyl (C=O) groups excluding carboxylic acids is 2. The van der Waals surface area contributed by atoms with E-state index in [1.165, 1.54) is 28.8 Å². The molecule has 2 rings (SSSR count). The van der Waals surface area contributed by atoms with Crippen LogP contribution in [-0.2, 0) is 9.59 Å². The van der Waals surface area contributed by atoms with E-state index >= 15 is 0 Å². The molecule has 0 heterocycles. The van der Waals surface area contributed by atoms with Crippen LogP contribution in [0.25, 0.3) is 0 Å². The Labute approximate surface area is 150 Å². The van der Waals surface area contributed by atoms with Gasteiger partial charge in [-0.15, -0.1) is 11.8 Å². The lowest BCUT2D eigenvalue weighted by molar-refractivity contribution is -0.130. The summed E-state index contributed by atoms with van der Waals surface area (Å²) in [5, 5.41) is 2.77. The highest BCUT2D eigenvalue weighted by Crippen LogP contribution is 2.19. The molecule has 5 nitrogen and oxygen atoms in total. The van der Waals surface area contributed by atoms with Crippen molar-refractivity contribution in [2.24, 2.45) is 0 Å². The van der Waals surface area contributed by atoms with Gasteiger partial charge in [0, 0.05) is 24.7 Å². The van der Waals surface area contributed by atoms with Crippen molar-refractivity contribution in [1.82, 2.24) is 4.90 Å². The topological polar surface area (TPSA) is 58.6 Å². The van der Waals surface area contributed by atoms with Gasteiger partial charge in [0.2, 0.25) is 5.91 Å².